The van der Waals surface area contributed by atoms with Crippen LogP contribution >= 0.6 is 11.6 Å². The molecule has 0 spiro atoms. The standard InChI is InChI=1S/C21H19ClN2O5/c1-3-28-19-9-14(5-7-18(19)29-12-20(25)26)8-15(11-23)21(27)24-16-6-4-13(2)17(22)10-16/h4-10H,3,12H2,1-2H3,(H,24,27)(H,25,26)/b15-8+. The highest BCUT2D eigenvalue weighted by molar-refractivity contribution is 6.31. The van der Waals surface area contributed by atoms with Gasteiger partial charge in [-0.15, -0.1) is 0 Å². The third kappa shape index (κ3) is 6.26. The Balaban J connectivity index is 2.25. The van der Waals surface area contributed by atoms with Gasteiger partial charge in [0.1, 0.15) is 11.6 Å². The molecular formula is C21H19ClN2O5. The molecule has 2 aromatic carbocycles. The first-order chi connectivity index (χ1) is 13.8. The van der Waals surface area contributed by atoms with Gasteiger partial charge in [-0.05, 0) is 55.3 Å². The molecule has 0 aliphatic carbocycles. The fourth-order valence-electron chi connectivity index (χ4n) is 2.33. The predicted octanol–water partition coefficient (Wildman–Crippen LogP) is 4.06. The van der Waals surface area contributed by atoms with E-state index in [0.29, 0.717) is 28.6 Å². The summed E-state index contributed by atoms with van der Waals surface area (Å²) in [5.41, 5.74) is 1.74. The van der Waals surface area contributed by atoms with Crippen LogP contribution in [0.2, 0.25) is 5.02 Å². The molecule has 0 heterocycles. The SMILES string of the molecule is CCOc1cc(/C=C(\C#N)C(=O)Nc2ccc(C)c(Cl)c2)ccc1OCC(=O)O. The van der Waals surface area contributed by atoms with Crippen LogP contribution in [0.4, 0.5) is 5.69 Å². The van der Waals surface area contributed by atoms with Crippen molar-refractivity contribution in [1.82, 2.24) is 0 Å². The highest BCUT2D eigenvalue weighted by Crippen LogP contribution is 2.29. The Hall–Kier alpha value is -3.50. The van der Waals surface area contributed by atoms with Crippen molar-refractivity contribution < 1.29 is 24.2 Å². The minimum absolute atomic E-state index is 0.122. The zero-order valence-corrected chi connectivity index (χ0v) is 16.6. The lowest BCUT2D eigenvalue weighted by molar-refractivity contribution is -0.139. The monoisotopic (exact) mass is 414 g/mol. The van der Waals surface area contributed by atoms with Gasteiger partial charge in [0.25, 0.3) is 5.91 Å². The first-order valence-corrected chi connectivity index (χ1v) is 9.02. The molecular weight excluding hydrogens is 396 g/mol. The van der Waals surface area contributed by atoms with Crippen molar-refractivity contribution >= 4 is 35.2 Å². The van der Waals surface area contributed by atoms with E-state index in [1.807, 2.05) is 13.0 Å². The lowest BCUT2D eigenvalue weighted by Crippen LogP contribution is -2.13. The molecule has 0 unspecified atom stereocenters. The smallest absolute Gasteiger partial charge is 0.341 e. The van der Waals surface area contributed by atoms with Gasteiger partial charge in [-0.3, -0.25) is 4.79 Å². The van der Waals surface area contributed by atoms with Gasteiger partial charge in [0.15, 0.2) is 18.1 Å². The summed E-state index contributed by atoms with van der Waals surface area (Å²) in [4.78, 5) is 23.1. The molecule has 0 aliphatic rings. The second-order valence-corrected chi connectivity index (χ2v) is 6.32. The lowest BCUT2D eigenvalue weighted by Gasteiger charge is -2.11. The number of nitrogens with one attached hydrogen (secondary N) is 1. The first kappa shape index (κ1) is 21.8. The fraction of sp³-hybridized carbons (Fsp3) is 0.190. The zero-order valence-electron chi connectivity index (χ0n) is 15.9. The maximum atomic E-state index is 12.4. The molecule has 2 N–H and O–H groups in total. The Bertz CT molecular complexity index is 995. The Kier molecular flexibility index (Phi) is 7.63. The van der Waals surface area contributed by atoms with E-state index in [4.69, 9.17) is 26.2 Å². The molecule has 0 fully saturated rings. The predicted molar refractivity (Wildman–Crippen MR) is 109 cm³/mol. The number of ether oxygens (including phenoxy) is 2. The molecule has 0 radical (unpaired) electrons. The number of aryl methyl sites for hydroxylation is 1. The van der Waals surface area contributed by atoms with Gasteiger partial charge in [-0.1, -0.05) is 23.7 Å². The minimum atomic E-state index is -1.11. The number of halogens is 1. The van der Waals surface area contributed by atoms with Crippen molar-refractivity contribution in [2.75, 3.05) is 18.5 Å². The van der Waals surface area contributed by atoms with Crippen LogP contribution in [0.25, 0.3) is 6.08 Å². The number of nitriles is 1. The van der Waals surface area contributed by atoms with Gasteiger partial charge in [0.2, 0.25) is 0 Å². The molecule has 2 rings (SSSR count). The van der Waals surface area contributed by atoms with Crippen LogP contribution in [0.1, 0.15) is 18.1 Å². The summed E-state index contributed by atoms with van der Waals surface area (Å²) in [6, 6.07) is 11.6. The van der Waals surface area contributed by atoms with Gasteiger partial charge < -0.3 is 19.9 Å². The van der Waals surface area contributed by atoms with E-state index in [-0.39, 0.29) is 11.3 Å². The highest BCUT2D eigenvalue weighted by atomic mass is 35.5. The van der Waals surface area contributed by atoms with Gasteiger partial charge in [0, 0.05) is 10.7 Å². The largest absolute Gasteiger partial charge is 0.490 e. The van der Waals surface area contributed by atoms with E-state index < -0.39 is 18.5 Å². The Morgan fingerprint density at radius 1 is 1.21 bits per heavy atom. The van der Waals surface area contributed by atoms with Gasteiger partial charge in [-0.2, -0.15) is 5.26 Å². The van der Waals surface area contributed by atoms with Gasteiger partial charge in [-0.25, -0.2) is 4.79 Å². The van der Waals surface area contributed by atoms with Crippen molar-refractivity contribution in [1.29, 1.82) is 5.26 Å². The number of carbonyl (C=O) groups excluding carboxylic acids is 1. The third-order valence-corrected chi connectivity index (χ3v) is 4.13. The summed E-state index contributed by atoms with van der Waals surface area (Å²) in [5.74, 6) is -1.14. The Morgan fingerprint density at radius 3 is 2.59 bits per heavy atom. The van der Waals surface area contributed by atoms with E-state index >= 15 is 0 Å². The number of anilines is 1. The van der Waals surface area contributed by atoms with Crippen molar-refractivity contribution in [3.05, 3.63) is 58.1 Å². The molecule has 0 saturated heterocycles. The normalized spacial score (nSPS) is 10.8. The van der Waals surface area contributed by atoms with Crippen molar-refractivity contribution in [2.45, 2.75) is 13.8 Å². The van der Waals surface area contributed by atoms with E-state index in [0.717, 1.165) is 5.56 Å². The maximum Gasteiger partial charge on any atom is 0.341 e. The first-order valence-electron chi connectivity index (χ1n) is 8.64. The second-order valence-electron chi connectivity index (χ2n) is 5.91. The molecule has 0 aliphatic heterocycles. The summed E-state index contributed by atoms with van der Waals surface area (Å²) < 4.78 is 10.6. The highest BCUT2D eigenvalue weighted by Gasteiger charge is 2.12. The number of carboxylic acids is 1. The van der Waals surface area contributed by atoms with Crippen LogP contribution in [0.3, 0.4) is 0 Å². The van der Waals surface area contributed by atoms with Crippen molar-refractivity contribution in [3.63, 3.8) is 0 Å². The number of nitrogens with zero attached hydrogens (tertiary/aromatic N) is 1. The molecule has 0 saturated carbocycles. The number of hydrogen-bond acceptors (Lipinski definition) is 5. The second kappa shape index (κ2) is 10.2. The van der Waals surface area contributed by atoms with E-state index in [9.17, 15) is 14.9 Å². The fourth-order valence-corrected chi connectivity index (χ4v) is 2.51. The summed E-state index contributed by atoms with van der Waals surface area (Å²) in [6.07, 6.45) is 1.40. The molecule has 1 amide bonds. The summed E-state index contributed by atoms with van der Waals surface area (Å²) in [7, 11) is 0. The summed E-state index contributed by atoms with van der Waals surface area (Å²) in [6.45, 7) is 3.43. The topological polar surface area (TPSA) is 109 Å². The molecule has 8 heteroatoms. The number of carbonyl (C=O) groups is 2. The summed E-state index contributed by atoms with van der Waals surface area (Å²) >= 11 is 6.05. The zero-order chi connectivity index (χ0) is 21.4. The van der Waals surface area contributed by atoms with E-state index in [1.165, 1.54) is 12.1 Å². The van der Waals surface area contributed by atoms with Crippen molar-refractivity contribution in [3.8, 4) is 17.6 Å². The van der Waals surface area contributed by atoms with Crippen molar-refractivity contribution in [2.24, 2.45) is 0 Å². The van der Waals surface area contributed by atoms with Gasteiger partial charge >= 0.3 is 5.97 Å². The van der Waals surface area contributed by atoms with Crippen LogP contribution in [0, 0.1) is 18.3 Å². The minimum Gasteiger partial charge on any atom is -0.490 e. The third-order valence-electron chi connectivity index (χ3n) is 3.72. The molecule has 7 nitrogen and oxygen atoms in total. The number of hydrogen-bond donors (Lipinski definition) is 2. The molecule has 0 aromatic heterocycles. The quantitative estimate of drug-likeness (QED) is 0.498. The van der Waals surface area contributed by atoms with E-state index in [1.54, 1.807) is 37.3 Å². The molecule has 2 aromatic rings. The van der Waals surface area contributed by atoms with Crippen LogP contribution < -0.4 is 14.8 Å². The average molecular weight is 415 g/mol. The average Bonchev–Trinajstić information content (AvgIpc) is 2.68. The van der Waals surface area contributed by atoms with Gasteiger partial charge in [0.05, 0.1) is 6.61 Å². The van der Waals surface area contributed by atoms with Crippen LogP contribution in [-0.2, 0) is 9.59 Å². The van der Waals surface area contributed by atoms with Crippen LogP contribution in [0.5, 0.6) is 11.5 Å². The number of amides is 1. The number of carboxylic acid groups (broad SMARTS) is 1. The van der Waals surface area contributed by atoms with E-state index in [2.05, 4.69) is 5.32 Å². The molecule has 150 valence electrons. The number of rotatable bonds is 8. The number of benzene rings is 2. The Morgan fingerprint density at radius 2 is 1.97 bits per heavy atom. The maximum absolute atomic E-state index is 12.4. The number of aliphatic carboxylic acids is 1. The molecule has 29 heavy (non-hydrogen) atoms. The van der Waals surface area contributed by atoms with Crippen LogP contribution in [0.15, 0.2) is 42.0 Å². The molecule has 0 bridgehead atoms. The van der Waals surface area contributed by atoms with Crippen LogP contribution in [-0.4, -0.2) is 30.2 Å². The molecule has 0 atom stereocenters. The lowest BCUT2D eigenvalue weighted by atomic mass is 10.1. The Labute approximate surface area is 173 Å². The summed E-state index contributed by atoms with van der Waals surface area (Å²) in [5, 5.41) is 21.3.